The Bertz CT molecular complexity index is 1260. The number of hydrogen-bond acceptors (Lipinski definition) is 9. The molecule has 0 aromatic rings. The van der Waals surface area contributed by atoms with Crippen LogP contribution >= 0.6 is 0 Å². The number of carbonyl (C=O) groups is 5. The maximum Gasteiger partial charge on any atom is 0.334 e. The van der Waals surface area contributed by atoms with Gasteiger partial charge < -0.3 is 19.3 Å². The van der Waals surface area contributed by atoms with E-state index in [1.165, 1.54) is 13.8 Å². The normalized spacial score (nSPS) is 45.4. The summed E-state index contributed by atoms with van der Waals surface area (Å²) in [7, 11) is 0. The first-order valence-corrected chi connectivity index (χ1v) is 15.5. The SMILES string of the molecule is CC(=O)O[C@H]1C[C@@]2(C)[C@@H](CC[C@H]3[C@@]4(C)CCC(=O)[C@@H](C)[C@@H]4[C@H](OC(C)=O)C(=O)[C@@]32C)C1=C1CC[C@@H](C(C)(C)O)OC1=O. The van der Waals surface area contributed by atoms with Gasteiger partial charge in [-0.1, -0.05) is 27.7 Å². The van der Waals surface area contributed by atoms with E-state index in [4.69, 9.17) is 14.2 Å². The van der Waals surface area contributed by atoms with Crippen LogP contribution in [-0.2, 0) is 38.2 Å². The quantitative estimate of drug-likeness (QED) is 0.292. The van der Waals surface area contributed by atoms with E-state index in [9.17, 15) is 29.1 Å². The third kappa shape index (κ3) is 4.31. The monoisotopic (exact) mass is 586 g/mol. The molecule has 0 unspecified atom stereocenters. The lowest BCUT2D eigenvalue weighted by atomic mass is 9.36. The van der Waals surface area contributed by atoms with Crippen molar-refractivity contribution in [1.82, 2.24) is 0 Å². The number of cyclic esters (lactones) is 1. The summed E-state index contributed by atoms with van der Waals surface area (Å²) in [5.41, 5.74) is -2.13. The molecule has 1 saturated heterocycles. The first-order valence-electron chi connectivity index (χ1n) is 15.5. The Kier molecular flexibility index (Phi) is 7.35. The summed E-state index contributed by atoms with van der Waals surface area (Å²) in [6.45, 7) is 13.9. The van der Waals surface area contributed by atoms with Crippen LogP contribution in [0.3, 0.4) is 0 Å². The molecule has 0 amide bonds. The van der Waals surface area contributed by atoms with Crippen LogP contribution in [0.5, 0.6) is 0 Å². The highest BCUT2D eigenvalue weighted by molar-refractivity contribution is 5.95. The fraction of sp³-hybridized carbons (Fsp3) is 0.788. The van der Waals surface area contributed by atoms with E-state index in [0.29, 0.717) is 50.5 Å². The Hall–Kier alpha value is -2.55. The molecule has 4 saturated carbocycles. The first kappa shape index (κ1) is 30.9. The Balaban J connectivity index is 1.64. The highest BCUT2D eigenvalue weighted by Gasteiger charge is 2.74. The van der Waals surface area contributed by atoms with Crippen LogP contribution in [-0.4, -0.2) is 58.5 Å². The molecule has 5 aliphatic rings. The van der Waals surface area contributed by atoms with Crippen LogP contribution in [0.25, 0.3) is 0 Å². The van der Waals surface area contributed by atoms with E-state index < -0.39 is 69.9 Å². The summed E-state index contributed by atoms with van der Waals surface area (Å²) in [4.78, 5) is 65.9. The number of rotatable bonds is 3. The Morgan fingerprint density at radius 1 is 0.976 bits per heavy atom. The van der Waals surface area contributed by atoms with E-state index in [-0.39, 0.29) is 23.4 Å². The average Bonchev–Trinajstić information content (AvgIpc) is 3.16. The molecule has 0 aromatic carbocycles. The van der Waals surface area contributed by atoms with Crippen molar-refractivity contribution in [2.45, 2.75) is 124 Å². The van der Waals surface area contributed by atoms with Crippen molar-refractivity contribution in [1.29, 1.82) is 0 Å². The van der Waals surface area contributed by atoms with E-state index in [1.807, 2.05) is 13.8 Å². The van der Waals surface area contributed by atoms with Gasteiger partial charge in [0, 0.05) is 43.1 Å². The molecule has 5 fully saturated rings. The Morgan fingerprint density at radius 2 is 1.62 bits per heavy atom. The molecule has 42 heavy (non-hydrogen) atoms. The van der Waals surface area contributed by atoms with Crippen molar-refractivity contribution >= 4 is 29.5 Å². The molecule has 9 heteroatoms. The molecule has 1 heterocycles. The van der Waals surface area contributed by atoms with Crippen molar-refractivity contribution in [2.24, 2.45) is 39.9 Å². The molecular weight excluding hydrogens is 540 g/mol. The second-order valence-electron chi connectivity index (χ2n) is 14.8. The van der Waals surface area contributed by atoms with Crippen LogP contribution in [0.1, 0.15) is 100 Å². The van der Waals surface area contributed by atoms with E-state index in [1.54, 1.807) is 13.8 Å². The van der Waals surface area contributed by atoms with Crippen molar-refractivity contribution in [3.63, 3.8) is 0 Å². The molecule has 0 spiro atoms. The molecular formula is C33H46O9. The van der Waals surface area contributed by atoms with Crippen LogP contribution in [0.2, 0.25) is 0 Å². The summed E-state index contributed by atoms with van der Waals surface area (Å²) >= 11 is 0. The number of fused-ring (bicyclic) bond motifs is 5. The van der Waals surface area contributed by atoms with Gasteiger partial charge in [0.2, 0.25) is 0 Å². The highest BCUT2D eigenvalue weighted by Crippen LogP contribution is 2.73. The zero-order valence-electron chi connectivity index (χ0n) is 26.2. The predicted molar refractivity (Wildman–Crippen MR) is 151 cm³/mol. The molecule has 10 atom stereocenters. The van der Waals surface area contributed by atoms with Gasteiger partial charge in [-0.15, -0.1) is 0 Å². The lowest BCUT2D eigenvalue weighted by Gasteiger charge is -2.67. The third-order valence-corrected chi connectivity index (χ3v) is 12.2. The van der Waals surface area contributed by atoms with Crippen LogP contribution in [0.4, 0.5) is 0 Å². The van der Waals surface area contributed by atoms with Gasteiger partial charge >= 0.3 is 17.9 Å². The van der Waals surface area contributed by atoms with E-state index in [2.05, 4.69) is 13.8 Å². The molecule has 0 radical (unpaired) electrons. The largest absolute Gasteiger partial charge is 0.458 e. The zero-order chi connectivity index (χ0) is 31.2. The minimum absolute atomic E-state index is 0.0914. The van der Waals surface area contributed by atoms with Crippen LogP contribution < -0.4 is 0 Å². The predicted octanol–water partition coefficient (Wildman–Crippen LogP) is 4.27. The summed E-state index contributed by atoms with van der Waals surface area (Å²) in [5.74, 6) is -2.79. The minimum atomic E-state index is -1.19. The summed E-state index contributed by atoms with van der Waals surface area (Å²) in [6, 6.07) is 0. The number of aliphatic hydroxyl groups is 1. The zero-order valence-corrected chi connectivity index (χ0v) is 26.2. The van der Waals surface area contributed by atoms with Gasteiger partial charge in [0.15, 0.2) is 11.9 Å². The van der Waals surface area contributed by atoms with Crippen molar-refractivity contribution in [3.8, 4) is 0 Å². The van der Waals surface area contributed by atoms with Gasteiger partial charge in [-0.3, -0.25) is 19.2 Å². The standard InChI is InChI=1S/C33H46O9/c1-16-21(36)13-14-31(6)23-11-10-20-25(19-9-12-24(30(4,5)39)42-29(19)38)22(40-17(2)34)15-32(20,7)33(23,8)28(37)27(26(16)31)41-18(3)35/h16,20,22-24,26-27,39H,9-15H2,1-8H3/t16-,20+,22+,23+,24+,26-,27+,31-,32+,33-/m1/s1. The molecule has 4 aliphatic carbocycles. The van der Waals surface area contributed by atoms with E-state index in [0.717, 1.165) is 5.57 Å². The Morgan fingerprint density at radius 3 is 2.19 bits per heavy atom. The maximum absolute atomic E-state index is 14.8. The highest BCUT2D eigenvalue weighted by atomic mass is 16.6. The molecule has 5 rings (SSSR count). The fourth-order valence-electron chi connectivity index (χ4n) is 10.2. The lowest BCUT2D eigenvalue weighted by molar-refractivity contribution is -0.219. The molecule has 0 aromatic heterocycles. The molecule has 9 nitrogen and oxygen atoms in total. The van der Waals surface area contributed by atoms with Crippen LogP contribution in [0.15, 0.2) is 11.1 Å². The van der Waals surface area contributed by atoms with E-state index >= 15 is 0 Å². The van der Waals surface area contributed by atoms with Gasteiger partial charge in [-0.05, 0) is 80.6 Å². The molecule has 1 N–H and O–H groups in total. The smallest absolute Gasteiger partial charge is 0.334 e. The average molecular weight is 587 g/mol. The van der Waals surface area contributed by atoms with Crippen molar-refractivity contribution < 1.29 is 43.3 Å². The molecule has 0 bridgehead atoms. The van der Waals surface area contributed by atoms with Crippen LogP contribution in [0, 0.1) is 39.9 Å². The minimum Gasteiger partial charge on any atom is -0.458 e. The van der Waals surface area contributed by atoms with Gasteiger partial charge in [0.05, 0.1) is 5.60 Å². The second kappa shape index (κ2) is 10.00. The topological polar surface area (TPSA) is 133 Å². The third-order valence-electron chi connectivity index (χ3n) is 12.2. The maximum atomic E-state index is 14.8. The van der Waals surface area contributed by atoms with Gasteiger partial charge in [-0.25, -0.2) is 4.79 Å². The number of Topliss-reactive ketones (excluding diaryl/α,β-unsaturated/α-hetero) is 2. The number of hydrogen-bond donors (Lipinski definition) is 1. The number of carbonyl (C=O) groups excluding carboxylic acids is 5. The number of ether oxygens (including phenoxy) is 3. The summed E-state index contributed by atoms with van der Waals surface area (Å²) in [6.07, 6.45) is 1.14. The Labute approximate surface area is 248 Å². The number of esters is 3. The summed E-state index contributed by atoms with van der Waals surface area (Å²) < 4.78 is 17.4. The summed E-state index contributed by atoms with van der Waals surface area (Å²) in [5, 5.41) is 10.5. The van der Waals surface area contributed by atoms with Crippen molar-refractivity contribution in [2.75, 3.05) is 0 Å². The fourth-order valence-corrected chi connectivity index (χ4v) is 10.2. The number of ketones is 2. The lowest BCUT2D eigenvalue weighted by Crippen LogP contribution is -2.70. The second-order valence-corrected chi connectivity index (χ2v) is 14.8. The first-order chi connectivity index (χ1) is 19.4. The molecule has 232 valence electrons. The molecule has 1 aliphatic heterocycles. The van der Waals surface area contributed by atoms with Gasteiger partial charge in [0.25, 0.3) is 0 Å². The van der Waals surface area contributed by atoms with Gasteiger partial charge in [0.1, 0.15) is 18.0 Å². The van der Waals surface area contributed by atoms with Crippen molar-refractivity contribution in [3.05, 3.63) is 11.1 Å². The van der Waals surface area contributed by atoms with Gasteiger partial charge in [-0.2, -0.15) is 0 Å².